The first-order valence-electron chi connectivity index (χ1n) is 7.70. The number of hydrogen-bond donors (Lipinski definition) is 2. The minimum Gasteiger partial charge on any atom is -0.444 e. The van der Waals surface area contributed by atoms with Crippen LogP contribution in [-0.2, 0) is 4.74 Å². The molecule has 4 heteroatoms. The normalized spacial score (nSPS) is 13.1. The zero-order chi connectivity index (χ0) is 16.6. The van der Waals surface area contributed by atoms with E-state index in [4.69, 9.17) is 4.74 Å². The molecule has 0 bridgehead atoms. The third-order valence-corrected chi connectivity index (χ3v) is 3.05. The van der Waals surface area contributed by atoms with Gasteiger partial charge in [-0.15, -0.1) is 0 Å². The van der Waals surface area contributed by atoms with Gasteiger partial charge in [-0.1, -0.05) is 42.0 Å². The summed E-state index contributed by atoms with van der Waals surface area (Å²) in [5, 5.41) is 6.10. The molecule has 1 aromatic carbocycles. The molecule has 1 rings (SSSR count). The van der Waals surface area contributed by atoms with Crippen LogP contribution < -0.4 is 10.6 Å². The topological polar surface area (TPSA) is 50.4 Å². The molecule has 0 aromatic heterocycles. The molecule has 2 N–H and O–H groups in total. The standard InChI is InChI=1S/C18H28N2O2/c1-14-8-10-16(11-9-14)15(2)19-12-6-7-13-20-17(21)22-18(3,4)5/h6-11,15,19H,12-13H2,1-5H3,(H,20,21)/b7-6+. The van der Waals surface area contributed by atoms with Crippen LogP contribution in [0.3, 0.4) is 0 Å². The summed E-state index contributed by atoms with van der Waals surface area (Å²) in [6, 6.07) is 8.81. The number of hydrogen-bond acceptors (Lipinski definition) is 3. The molecule has 0 heterocycles. The number of amides is 1. The average Bonchev–Trinajstić information content (AvgIpc) is 2.41. The Morgan fingerprint density at radius 3 is 2.36 bits per heavy atom. The fraction of sp³-hybridized carbons (Fsp3) is 0.500. The second-order valence-corrected chi connectivity index (χ2v) is 6.39. The lowest BCUT2D eigenvalue weighted by atomic mass is 10.1. The highest BCUT2D eigenvalue weighted by molar-refractivity contribution is 5.67. The molecule has 1 atom stereocenters. The molecule has 0 radical (unpaired) electrons. The summed E-state index contributed by atoms with van der Waals surface area (Å²) in [4.78, 5) is 11.4. The second-order valence-electron chi connectivity index (χ2n) is 6.39. The fourth-order valence-electron chi connectivity index (χ4n) is 1.84. The lowest BCUT2D eigenvalue weighted by Crippen LogP contribution is -2.32. The average molecular weight is 304 g/mol. The largest absolute Gasteiger partial charge is 0.444 e. The van der Waals surface area contributed by atoms with Crippen LogP contribution in [-0.4, -0.2) is 24.8 Å². The van der Waals surface area contributed by atoms with Gasteiger partial charge >= 0.3 is 6.09 Å². The molecule has 1 amide bonds. The van der Waals surface area contributed by atoms with Crippen molar-refractivity contribution in [1.82, 2.24) is 10.6 Å². The number of aryl methyl sites for hydroxylation is 1. The van der Waals surface area contributed by atoms with Gasteiger partial charge in [-0.05, 0) is 40.2 Å². The van der Waals surface area contributed by atoms with Crippen molar-refractivity contribution in [2.24, 2.45) is 0 Å². The van der Waals surface area contributed by atoms with E-state index in [0.717, 1.165) is 6.54 Å². The Hall–Kier alpha value is -1.81. The van der Waals surface area contributed by atoms with Crippen molar-refractivity contribution in [2.45, 2.75) is 46.3 Å². The number of benzene rings is 1. The summed E-state index contributed by atoms with van der Waals surface area (Å²) in [6.45, 7) is 11.0. The summed E-state index contributed by atoms with van der Waals surface area (Å²) < 4.78 is 5.15. The van der Waals surface area contributed by atoms with Crippen LogP contribution in [0.4, 0.5) is 4.79 Å². The highest BCUT2D eigenvalue weighted by Crippen LogP contribution is 2.12. The Balaban J connectivity index is 2.21. The molecule has 0 aliphatic carbocycles. The van der Waals surface area contributed by atoms with E-state index in [1.807, 2.05) is 32.9 Å². The van der Waals surface area contributed by atoms with E-state index in [1.165, 1.54) is 11.1 Å². The van der Waals surface area contributed by atoms with Crippen molar-refractivity contribution in [1.29, 1.82) is 0 Å². The van der Waals surface area contributed by atoms with Gasteiger partial charge in [0.1, 0.15) is 5.60 Å². The van der Waals surface area contributed by atoms with Crippen molar-refractivity contribution in [3.8, 4) is 0 Å². The SMILES string of the molecule is Cc1ccc(C(C)NC/C=C/CNC(=O)OC(C)(C)C)cc1. The van der Waals surface area contributed by atoms with Crippen molar-refractivity contribution in [2.75, 3.05) is 13.1 Å². The maximum atomic E-state index is 11.4. The van der Waals surface area contributed by atoms with E-state index >= 15 is 0 Å². The number of ether oxygens (including phenoxy) is 1. The van der Waals surface area contributed by atoms with E-state index in [0.29, 0.717) is 12.6 Å². The first-order valence-corrected chi connectivity index (χ1v) is 7.70. The van der Waals surface area contributed by atoms with Crippen LogP contribution >= 0.6 is 0 Å². The van der Waals surface area contributed by atoms with Crippen molar-refractivity contribution < 1.29 is 9.53 Å². The van der Waals surface area contributed by atoms with Crippen LogP contribution in [0.1, 0.15) is 44.9 Å². The number of rotatable bonds is 6. The molecular weight excluding hydrogens is 276 g/mol. The van der Waals surface area contributed by atoms with Gasteiger partial charge in [-0.2, -0.15) is 0 Å². The minimum atomic E-state index is -0.460. The number of carbonyl (C=O) groups is 1. The highest BCUT2D eigenvalue weighted by atomic mass is 16.6. The Kier molecular flexibility index (Phi) is 7.12. The molecule has 22 heavy (non-hydrogen) atoms. The van der Waals surface area contributed by atoms with E-state index in [2.05, 4.69) is 48.7 Å². The van der Waals surface area contributed by atoms with Crippen LogP contribution in [0.25, 0.3) is 0 Å². The second kappa shape index (κ2) is 8.59. The maximum Gasteiger partial charge on any atom is 0.407 e. The molecule has 1 aromatic rings. The van der Waals surface area contributed by atoms with Gasteiger partial charge in [-0.25, -0.2) is 4.79 Å². The quantitative estimate of drug-likeness (QED) is 0.787. The summed E-state index contributed by atoms with van der Waals surface area (Å²) >= 11 is 0. The summed E-state index contributed by atoms with van der Waals surface area (Å²) in [5.41, 5.74) is 2.08. The summed E-state index contributed by atoms with van der Waals surface area (Å²) in [5.74, 6) is 0. The monoisotopic (exact) mass is 304 g/mol. The zero-order valence-electron chi connectivity index (χ0n) is 14.3. The molecule has 0 aliphatic heterocycles. The van der Waals surface area contributed by atoms with Crippen LogP contribution in [0.2, 0.25) is 0 Å². The first-order chi connectivity index (χ1) is 10.3. The van der Waals surface area contributed by atoms with E-state index in [9.17, 15) is 4.79 Å². The first kappa shape index (κ1) is 18.2. The van der Waals surface area contributed by atoms with Crippen molar-refractivity contribution in [3.05, 3.63) is 47.5 Å². The maximum absolute atomic E-state index is 11.4. The molecule has 4 nitrogen and oxygen atoms in total. The van der Waals surface area contributed by atoms with Gasteiger partial charge in [0.05, 0.1) is 0 Å². The molecule has 0 fully saturated rings. The molecule has 1 unspecified atom stereocenters. The summed E-state index contributed by atoms with van der Waals surface area (Å²) in [6.07, 6.45) is 3.53. The van der Waals surface area contributed by atoms with Gasteiger partial charge in [0.15, 0.2) is 0 Å². The Bertz CT molecular complexity index is 487. The predicted octanol–water partition coefficient (Wildman–Crippen LogP) is 3.73. The van der Waals surface area contributed by atoms with Gasteiger partial charge < -0.3 is 15.4 Å². The van der Waals surface area contributed by atoms with Gasteiger partial charge in [0, 0.05) is 19.1 Å². The lowest BCUT2D eigenvalue weighted by molar-refractivity contribution is 0.0534. The van der Waals surface area contributed by atoms with Gasteiger partial charge in [-0.3, -0.25) is 0 Å². The molecule has 0 spiro atoms. The highest BCUT2D eigenvalue weighted by Gasteiger charge is 2.14. The molecule has 0 aliphatic rings. The van der Waals surface area contributed by atoms with Crippen LogP contribution in [0.5, 0.6) is 0 Å². The molecule has 122 valence electrons. The lowest BCUT2D eigenvalue weighted by Gasteiger charge is -2.19. The zero-order valence-corrected chi connectivity index (χ0v) is 14.3. The van der Waals surface area contributed by atoms with Crippen LogP contribution in [0.15, 0.2) is 36.4 Å². The Morgan fingerprint density at radius 1 is 1.18 bits per heavy atom. The van der Waals surface area contributed by atoms with E-state index < -0.39 is 11.7 Å². The Labute approximate surface area is 133 Å². The van der Waals surface area contributed by atoms with Gasteiger partial charge in [0.25, 0.3) is 0 Å². The number of alkyl carbamates (subject to hydrolysis) is 1. The molecule has 0 saturated carbocycles. The van der Waals surface area contributed by atoms with E-state index in [1.54, 1.807) is 0 Å². The third-order valence-electron chi connectivity index (χ3n) is 3.05. The Morgan fingerprint density at radius 2 is 1.77 bits per heavy atom. The predicted molar refractivity (Wildman–Crippen MR) is 91.0 cm³/mol. The smallest absolute Gasteiger partial charge is 0.407 e. The number of nitrogens with one attached hydrogen (secondary N) is 2. The van der Waals surface area contributed by atoms with Crippen molar-refractivity contribution >= 4 is 6.09 Å². The number of carbonyl (C=O) groups excluding carboxylic acids is 1. The molecular formula is C18H28N2O2. The van der Waals surface area contributed by atoms with Gasteiger partial charge in [0.2, 0.25) is 0 Å². The third kappa shape index (κ3) is 7.84. The fourth-order valence-corrected chi connectivity index (χ4v) is 1.84. The summed E-state index contributed by atoms with van der Waals surface area (Å²) in [7, 11) is 0. The van der Waals surface area contributed by atoms with Crippen LogP contribution in [0, 0.1) is 6.92 Å². The molecule has 0 saturated heterocycles. The minimum absolute atomic E-state index is 0.295. The van der Waals surface area contributed by atoms with Crippen molar-refractivity contribution in [3.63, 3.8) is 0 Å². The van der Waals surface area contributed by atoms with E-state index in [-0.39, 0.29) is 0 Å².